The Hall–Kier alpha value is -3.69. The minimum absolute atomic E-state index is 0.130. The quantitative estimate of drug-likeness (QED) is 0.389. The third kappa shape index (κ3) is 4.95. The molecule has 0 saturated carbocycles. The number of benzene rings is 2. The molecule has 2 heterocycles. The molecular formula is C25H26N4O4S. The molecule has 176 valence electrons. The molecule has 2 aromatic heterocycles. The fourth-order valence-electron chi connectivity index (χ4n) is 3.63. The van der Waals surface area contributed by atoms with E-state index in [0.717, 1.165) is 11.3 Å². The maximum atomic E-state index is 13.0. The molecule has 4 rings (SSSR count). The summed E-state index contributed by atoms with van der Waals surface area (Å²) in [5.41, 5.74) is 2.26. The standard InChI is InChI=1S/C25H26N4O4S/c1-3-29(4-2)34(31,32)21-11-9-10-19(16-21)27-25(30)22-12-5-6-13-23(22)33-18-20-17-28-15-8-7-14-24(28)26-20/h5-17H,3-4,18H2,1-2H3,(H,27,30). The number of para-hydroxylation sites is 1. The zero-order chi connectivity index (χ0) is 24.1. The number of pyridine rings is 1. The first-order valence-corrected chi connectivity index (χ1v) is 12.4. The molecule has 0 aliphatic rings. The Morgan fingerprint density at radius 2 is 1.79 bits per heavy atom. The first-order chi connectivity index (χ1) is 16.4. The van der Waals surface area contributed by atoms with Gasteiger partial charge < -0.3 is 14.5 Å². The first-order valence-electron chi connectivity index (χ1n) is 11.0. The second kappa shape index (κ2) is 10.1. The third-order valence-corrected chi connectivity index (χ3v) is 7.40. The van der Waals surface area contributed by atoms with Gasteiger partial charge in [0.2, 0.25) is 10.0 Å². The molecular weight excluding hydrogens is 452 g/mol. The number of nitrogens with zero attached hydrogens (tertiary/aromatic N) is 3. The van der Waals surface area contributed by atoms with Crippen LogP contribution in [0.2, 0.25) is 0 Å². The largest absolute Gasteiger partial charge is 0.486 e. The lowest BCUT2D eigenvalue weighted by molar-refractivity contribution is 0.102. The van der Waals surface area contributed by atoms with Crippen LogP contribution in [-0.2, 0) is 16.6 Å². The Bertz CT molecular complexity index is 1380. The molecule has 0 unspecified atom stereocenters. The number of carbonyl (C=O) groups excluding carboxylic acids is 1. The molecule has 0 aliphatic carbocycles. The van der Waals surface area contributed by atoms with Gasteiger partial charge in [0.1, 0.15) is 18.0 Å². The molecule has 0 fully saturated rings. The van der Waals surface area contributed by atoms with Crippen molar-refractivity contribution in [2.24, 2.45) is 0 Å². The molecule has 9 heteroatoms. The van der Waals surface area contributed by atoms with E-state index in [1.807, 2.05) is 35.0 Å². The van der Waals surface area contributed by atoms with Crippen molar-refractivity contribution in [3.63, 3.8) is 0 Å². The van der Waals surface area contributed by atoms with Gasteiger partial charge in [-0.1, -0.05) is 38.1 Å². The lowest BCUT2D eigenvalue weighted by Crippen LogP contribution is -2.30. The Kier molecular flexibility index (Phi) is 6.95. The summed E-state index contributed by atoms with van der Waals surface area (Å²) in [4.78, 5) is 17.7. The van der Waals surface area contributed by atoms with E-state index >= 15 is 0 Å². The van der Waals surface area contributed by atoms with Crippen molar-refractivity contribution >= 4 is 27.3 Å². The summed E-state index contributed by atoms with van der Waals surface area (Å²) < 4.78 is 34.8. The van der Waals surface area contributed by atoms with Crippen LogP contribution in [0.3, 0.4) is 0 Å². The van der Waals surface area contributed by atoms with Crippen LogP contribution in [0, 0.1) is 0 Å². The highest BCUT2D eigenvalue weighted by atomic mass is 32.2. The zero-order valence-corrected chi connectivity index (χ0v) is 19.8. The van der Waals surface area contributed by atoms with Crippen LogP contribution < -0.4 is 10.1 Å². The van der Waals surface area contributed by atoms with Crippen LogP contribution >= 0.6 is 0 Å². The predicted molar refractivity (Wildman–Crippen MR) is 130 cm³/mol. The topological polar surface area (TPSA) is 93.0 Å². The van der Waals surface area contributed by atoms with Crippen molar-refractivity contribution in [3.8, 4) is 5.75 Å². The van der Waals surface area contributed by atoms with Crippen LogP contribution in [0.1, 0.15) is 29.9 Å². The van der Waals surface area contributed by atoms with Gasteiger partial charge in [-0.2, -0.15) is 4.31 Å². The highest BCUT2D eigenvalue weighted by molar-refractivity contribution is 7.89. The minimum atomic E-state index is -3.63. The number of aromatic nitrogens is 2. The Balaban J connectivity index is 1.51. The zero-order valence-electron chi connectivity index (χ0n) is 19.0. The van der Waals surface area contributed by atoms with Crippen molar-refractivity contribution in [1.82, 2.24) is 13.7 Å². The van der Waals surface area contributed by atoms with E-state index in [9.17, 15) is 13.2 Å². The molecule has 0 radical (unpaired) electrons. The molecule has 2 aromatic carbocycles. The second-order valence-electron chi connectivity index (χ2n) is 7.55. The van der Waals surface area contributed by atoms with Gasteiger partial charge in [-0.25, -0.2) is 13.4 Å². The number of imidazole rings is 1. The molecule has 34 heavy (non-hydrogen) atoms. The average molecular weight is 479 g/mol. The van der Waals surface area contributed by atoms with Gasteiger partial charge in [0.15, 0.2) is 0 Å². The molecule has 4 aromatic rings. The number of anilines is 1. The predicted octanol–water partition coefficient (Wildman–Crippen LogP) is 4.20. The summed E-state index contributed by atoms with van der Waals surface area (Å²) in [5.74, 6) is 0.00645. The smallest absolute Gasteiger partial charge is 0.259 e. The molecule has 0 spiro atoms. The Morgan fingerprint density at radius 3 is 2.56 bits per heavy atom. The normalized spacial score (nSPS) is 11.6. The number of hydrogen-bond donors (Lipinski definition) is 1. The van der Waals surface area contributed by atoms with E-state index in [4.69, 9.17) is 4.74 Å². The lowest BCUT2D eigenvalue weighted by atomic mass is 10.2. The van der Waals surface area contributed by atoms with Crippen LogP contribution in [0.5, 0.6) is 5.75 Å². The van der Waals surface area contributed by atoms with Crippen LogP contribution in [0.4, 0.5) is 5.69 Å². The van der Waals surface area contributed by atoms with E-state index in [2.05, 4.69) is 10.3 Å². The third-order valence-electron chi connectivity index (χ3n) is 5.36. The van der Waals surface area contributed by atoms with Crippen LogP contribution in [-0.4, -0.2) is 41.1 Å². The fourth-order valence-corrected chi connectivity index (χ4v) is 5.14. The van der Waals surface area contributed by atoms with Gasteiger partial charge in [0.25, 0.3) is 5.91 Å². The maximum absolute atomic E-state index is 13.0. The van der Waals surface area contributed by atoms with Gasteiger partial charge in [-0.3, -0.25) is 4.79 Å². The van der Waals surface area contributed by atoms with Crippen molar-refractivity contribution in [1.29, 1.82) is 0 Å². The van der Waals surface area contributed by atoms with Crippen molar-refractivity contribution in [3.05, 3.63) is 90.4 Å². The van der Waals surface area contributed by atoms with E-state index < -0.39 is 15.9 Å². The van der Waals surface area contributed by atoms with Crippen molar-refractivity contribution in [2.75, 3.05) is 18.4 Å². The van der Waals surface area contributed by atoms with E-state index in [1.54, 1.807) is 50.2 Å². The summed E-state index contributed by atoms with van der Waals surface area (Å²) in [6, 6.07) is 18.9. The van der Waals surface area contributed by atoms with E-state index in [-0.39, 0.29) is 11.5 Å². The summed E-state index contributed by atoms with van der Waals surface area (Å²) in [7, 11) is -3.63. The highest BCUT2D eigenvalue weighted by Gasteiger charge is 2.22. The molecule has 0 bridgehead atoms. The Morgan fingerprint density at radius 1 is 1.03 bits per heavy atom. The van der Waals surface area contributed by atoms with Crippen molar-refractivity contribution in [2.45, 2.75) is 25.3 Å². The monoisotopic (exact) mass is 478 g/mol. The highest BCUT2D eigenvalue weighted by Crippen LogP contribution is 2.23. The van der Waals surface area contributed by atoms with E-state index in [1.165, 1.54) is 16.4 Å². The van der Waals surface area contributed by atoms with Gasteiger partial charge in [-0.05, 0) is 42.5 Å². The number of nitrogens with one attached hydrogen (secondary N) is 1. The molecule has 8 nitrogen and oxygen atoms in total. The molecule has 0 atom stereocenters. The first kappa shape index (κ1) is 23.5. The van der Waals surface area contributed by atoms with Gasteiger partial charge >= 0.3 is 0 Å². The minimum Gasteiger partial charge on any atom is -0.486 e. The van der Waals surface area contributed by atoms with Gasteiger partial charge in [0.05, 0.1) is 16.2 Å². The summed E-state index contributed by atoms with van der Waals surface area (Å²) in [6.07, 6.45) is 3.78. The lowest BCUT2D eigenvalue weighted by Gasteiger charge is -2.19. The van der Waals surface area contributed by atoms with Crippen LogP contribution in [0.25, 0.3) is 5.65 Å². The van der Waals surface area contributed by atoms with E-state index in [0.29, 0.717) is 30.1 Å². The number of fused-ring (bicyclic) bond motifs is 1. The number of rotatable bonds is 9. The molecule has 0 saturated heterocycles. The molecule has 1 amide bonds. The molecule has 0 aliphatic heterocycles. The van der Waals surface area contributed by atoms with Gasteiger partial charge in [-0.15, -0.1) is 0 Å². The Labute approximate surface area is 198 Å². The second-order valence-corrected chi connectivity index (χ2v) is 9.49. The summed E-state index contributed by atoms with van der Waals surface area (Å²) in [5, 5.41) is 2.78. The fraction of sp³-hybridized carbons (Fsp3) is 0.200. The number of amides is 1. The van der Waals surface area contributed by atoms with Gasteiger partial charge in [0, 0.05) is 31.2 Å². The molecule has 1 N–H and O–H groups in total. The summed E-state index contributed by atoms with van der Waals surface area (Å²) >= 11 is 0. The number of hydrogen-bond acceptors (Lipinski definition) is 5. The number of ether oxygens (including phenoxy) is 1. The van der Waals surface area contributed by atoms with Crippen LogP contribution in [0.15, 0.2) is 84.0 Å². The average Bonchev–Trinajstić information content (AvgIpc) is 3.27. The van der Waals surface area contributed by atoms with Crippen molar-refractivity contribution < 1.29 is 17.9 Å². The maximum Gasteiger partial charge on any atom is 0.259 e. The number of sulfonamides is 1. The summed E-state index contributed by atoms with van der Waals surface area (Å²) in [6.45, 7) is 4.51. The number of carbonyl (C=O) groups is 1. The SMILES string of the molecule is CCN(CC)S(=O)(=O)c1cccc(NC(=O)c2ccccc2OCc2cn3ccccc3n2)c1.